The minimum absolute atomic E-state index is 0.0108. The molecule has 0 N–H and O–H groups in total. The minimum atomic E-state index is -0.0270. The highest BCUT2D eigenvalue weighted by atomic mass is 35.5. The lowest BCUT2D eigenvalue weighted by Gasteiger charge is -2.35. The average molecular weight is 467 g/mol. The fourth-order valence-corrected chi connectivity index (χ4v) is 3.93. The van der Waals surface area contributed by atoms with Crippen LogP contribution in [0.1, 0.15) is 11.1 Å². The van der Waals surface area contributed by atoms with Gasteiger partial charge in [-0.25, -0.2) is 0 Å². The van der Waals surface area contributed by atoms with Gasteiger partial charge in [0.15, 0.2) is 12.4 Å². The summed E-state index contributed by atoms with van der Waals surface area (Å²) in [6.45, 7) is 6.48. The first-order valence-electron chi connectivity index (χ1n) is 10.8. The second kappa shape index (κ2) is 10.1. The summed E-state index contributed by atoms with van der Waals surface area (Å²) in [7, 11) is 1.64. The number of benzene rings is 2. The highest BCUT2D eigenvalue weighted by molar-refractivity contribution is 6.32. The van der Waals surface area contributed by atoms with Gasteiger partial charge >= 0.3 is 0 Å². The molecule has 0 saturated carbocycles. The van der Waals surface area contributed by atoms with Crippen molar-refractivity contribution in [3.05, 3.63) is 64.7 Å². The monoisotopic (exact) mass is 466 g/mol. The van der Waals surface area contributed by atoms with Crippen molar-refractivity contribution >= 4 is 23.3 Å². The van der Waals surface area contributed by atoms with E-state index in [1.54, 1.807) is 7.11 Å². The Balaban J connectivity index is 1.29. The van der Waals surface area contributed by atoms with E-state index in [9.17, 15) is 4.79 Å². The van der Waals surface area contributed by atoms with Crippen LogP contribution in [0, 0.1) is 13.8 Å². The second-order valence-corrected chi connectivity index (χ2v) is 8.41. The quantitative estimate of drug-likeness (QED) is 0.543. The third-order valence-electron chi connectivity index (χ3n) is 5.76. The predicted octanol–water partition coefficient (Wildman–Crippen LogP) is 4.15. The fourth-order valence-electron chi connectivity index (χ4n) is 3.82. The molecule has 0 bridgehead atoms. The van der Waals surface area contributed by atoms with Crippen LogP contribution in [0.5, 0.6) is 11.5 Å². The standard InChI is InChI=1S/C25H27ClN4O3/c1-17-14-21(15-18(2)25(17)26)33-16-24(31)30-12-10-29(11-13-30)23-9-8-22(27-28-23)19-4-6-20(32-3)7-5-19/h4-9,14-15H,10-13,16H2,1-3H3. The number of carbonyl (C=O) groups is 1. The molecule has 0 spiro atoms. The van der Waals surface area contributed by atoms with E-state index in [4.69, 9.17) is 21.1 Å². The van der Waals surface area contributed by atoms with Gasteiger partial charge in [-0.15, -0.1) is 10.2 Å². The molecule has 2 aromatic carbocycles. The second-order valence-electron chi connectivity index (χ2n) is 8.03. The molecular weight excluding hydrogens is 440 g/mol. The summed E-state index contributed by atoms with van der Waals surface area (Å²) in [5, 5.41) is 9.50. The number of carbonyl (C=O) groups excluding carboxylic acids is 1. The van der Waals surface area contributed by atoms with E-state index in [1.165, 1.54) is 0 Å². The molecule has 0 radical (unpaired) electrons. The summed E-state index contributed by atoms with van der Waals surface area (Å²) in [5.41, 5.74) is 3.66. The number of halogens is 1. The maximum atomic E-state index is 12.6. The third kappa shape index (κ3) is 5.37. The minimum Gasteiger partial charge on any atom is -0.497 e. The Morgan fingerprint density at radius 3 is 2.18 bits per heavy atom. The van der Waals surface area contributed by atoms with Crippen molar-refractivity contribution in [3.8, 4) is 22.8 Å². The lowest BCUT2D eigenvalue weighted by atomic mass is 10.1. The van der Waals surface area contributed by atoms with Gasteiger partial charge in [0.1, 0.15) is 11.5 Å². The Hall–Kier alpha value is -3.32. The van der Waals surface area contributed by atoms with Gasteiger partial charge in [0.2, 0.25) is 0 Å². The van der Waals surface area contributed by atoms with Crippen LogP contribution in [0.25, 0.3) is 11.3 Å². The van der Waals surface area contributed by atoms with Gasteiger partial charge in [-0.05, 0) is 73.5 Å². The molecule has 1 aliphatic rings. The van der Waals surface area contributed by atoms with Crippen molar-refractivity contribution in [3.63, 3.8) is 0 Å². The van der Waals surface area contributed by atoms with Gasteiger partial charge in [-0.2, -0.15) is 0 Å². The van der Waals surface area contributed by atoms with E-state index in [0.717, 1.165) is 39.0 Å². The Bertz CT molecular complexity index is 1090. The van der Waals surface area contributed by atoms with Gasteiger partial charge in [0, 0.05) is 36.8 Å². The topological polar surface area (TPSA) is 67.8 Å². The molecule has 1 aliphatic heterocycles. The van der Waals surface area contributed by atoms with Crippen LogP contribution < -0.4 is 14.4 Å². The fraction of sp³-hybridized carbons (Fsp3) is 0.320. The normalized spacial score (nSPS) is 13.7. The van der Waals surface area contributed by atoms with Crippen molar-refractivity contribution in [2.45, 2.75) is 13.8 Å². The number of anilines is 1. The van der Waals surface area contributed by atoms with E-state index in [2.05, 4.69) is 15.1 Å². The van der Waals surface area contributed by atoms with Gasteiger partial charge in [-0.3, -0.25) is 4.79 Å². The molecule has 1 fully saturated rings. The molecule has 0 aliphatic carbocycles. The Kier molecular flexibility index (Phi) is 6.99. The van der Waals surface area contributed by atoms with Crippen LogP contribution in [-0.4, -0.2) is 60.9 Å². The number of amides is 1. The molecule has 4 rings (SSSR count). The zero-order valence-corrected chi connectivity index (χ0v) is 19.8. The van der Waals surface area contributed by atoms with E-state index in [-0.39, 0.29) is 12.5 Å². The Morgan fingerprint density at radius 2 is 1.61 bits per heavy atom. The van der Waals surface area contributed by atoms with Crippen molar-refractivity contribution in [1.29, 1.82) is 0 Å². The molecule has 0 atom stereocenters. The molecule has 33 heavy (non-hydrogen) atoms. The number of rotatable bonds is 6. The van der Waals surface area contributed by atoms with Gasteiger partial charge < -0.3 is 19.3 Å². The first kappa shape index (κ1) is 22.9. The summed E-state index contributed by atoms with van der Waals surface area (Å²) in [4.78, 5) is 16.6. The lowest BCUT2D eigenvalue weighted by molar-refractivity contribution is -0.133. The van der Waals surface area contributed by atoms with Crippen LogP contribution in [-0.2, 0) is 4.79 Å². The van der Waals surface area contributed by atoms with Crippen LogP contribution in [0.3, 0.4) is 0 Å². The summed E-state index contributed by atoms with van der Waals surface area (Å²) in [6, 6.07) is 15.4. The van der Waals surface area contributed by atoms with Crippen LogP contribution in [0.4, 0.5) is 5.82 Å². The number of ether oxygens (including phenoxy) is 2. The maximum Gasteiger partial charge on any atom is 0.260 e. The van der Waals surface area contributed by atoms with E-state index < -0.39 is 0 Å². The zero-order chi connectivity index (χ0) is 23.4. The predicted molar refractivity (Wildman–Crippen MR) is 129 cm³/mol. The smallest absolute Gasteiger partial charge is 0.260 e. The number of hydrogen-bond donors (Lipinski definition) is 0. The number of nitrogens with zero attached hydrogens (tertiary/aromatic N) is 4. The van der Waals surface area contributed by atoms with E-state index >= 15 is 0 Å². The van der Waals surface area contributed by atoms with Crippen LogP contribution >= 0.6 is 11.6 Å². The molecule has 3 aromatic rings. The molecule has 172 valence electrons. The molecule has 1 amide bonds. The molecule has 2 heterocycles. The van der Waals surface area contributed by atoms with Gasteiger partial charge in [-0.1, -0.05) is 11.6 Å². The highest BCUT2D eigenvalue weighted by Crippen LogP contribution is 2.26. The molecule has 1 aromatic heterocycles. The number of piperazine rings is 1. The van der Waals surface area contributed by atoms with Gasteiger partial charge in [0.25, 0.3) is 5.91 Å². The summed E-state index contributed by atoms with van der Waals surface area (Å²) < 4.78 is 10.9. The van der Waals surface area contributed by atoms with Crippen LogP contribution in [0.2, 0.25) is 5.02 Å². The third-order valence-corrected chi connectivity index (χ3v) is 6.36. The van der Waals surface area contributed by atoms with E-state index in [0.29, 0.717) is 31.9 Å². The summed E-state index contributed by atoms with van der Waals surface area (Å²) in [5.74, 6) is 2.25. The summed E-state index contributed by atoms with van der Waals surface area (Å²) in [6.07, 6.45) is 0. The molecule has 1 saturated heterocycles. The number of aryl methyl sites for hydroxylation is 2. The Morgan fingerprint density at radius 1 is 0.939 bits per heavy atom. The van der Waals surface area contributed by atoms with Gasteiger partial charge in [0.05, 0.1) is 12.8 Å². The zero-order valence-electron chi connectivity index (χ0n) is 19.0. The Labute approximate surface area is 198 Å². The average Bonchev–Trinajstić information content (AvgIpc) is 2.86. The largest absolute Gasteiger partial charge is 0.497 e. The van der Waals surface area contributed by atoms with Crippen molar-refractivity contribution in [2.24, 2.45) is 0 Å². The highest BCUT2D eigenvalue weighted by Gasteiger charge is 2.22. The SMILES string of the molecule is COc1ccc(-c2ccc(N3CCN(C(=O)COc4cc(C)c(Cl)c(C)c4)CC3)nn2)cc1. The molecule has 7 nitrogen and oxygen atoms in total. The number of hydrogen-bond acceptors (Lipinski definition) is 6. The van der Waals surface area contributed by atoms with Crippen molar-refractivity contribution in [2.75, 3.05) is 44.8 Å². The molecular formula is C25H27ClN4O3. The molecule has 0 unspecified atom stereocenters. The first-order valence-corrected chi connectivity index (χ1v) is 11.2. The summed E-state index contributed by atoms with van der Waals surface area (Å²) >= 11 is 6.20. The molecule has 8 heteroatoms. The lowest BCUT2D eigenvalue weighted by Crippen LogP contribution is -2.50. The maximum absolute atomic E-state index is 12.6. The van der Waals surface area contributed by atoms with Crippen molar-refractivity contribution < 1.29 is 14.3 Å². The van der Waals surface area contributed by atoms with E-state index in [1.807, 2.05) is 67.3 Å². The first-order chi connectivity index (χ1) is 15.9. The number of methoxy groups -OCH3 is 1. The van der Waals surface area contributed by atoms with Crippen LogP contribution in [0.15, 0.2) is 48.5 Å². The van der Waals surface area contributed by atoms with Crippen molar-refractivity contribution in [1.82, 2.24) is 15.1 Å². The number of aromatic nitrogens is 2.